The summed E-state index contributed by atoms with van der Waals surface area (Å²) >= 11 is 1.14. The molecule has 0 atom stereocenters. The second kappa shape index (κ2) is 9.81. The minimum Gasteiger partial charge on any atom is -0.495 e. The fourth-order valence-electron chi connectivity index (χ4n) is 4.26. The predicted molar refractivity (Wildman–Crippen MR) is 137 cm³/mol. The number of thiophene rings is 1. The van der Waals surface area contributed by atoms with E-state index in [1.165, 1.54) is 7.11 Å². The van der Waals surface area contributed by atoms with Crippen molar-refractivity contribution in [3.05, 3.63) is 50.4 Å². The fourth-order valence-corrected chi connectivity index (χ4v) is 5.34. The number of ether oxygens (including phenoxy) is 2. The minimum atomic E-state index is -0.643. The standard InChI is InChI=1S/C26H31N3O5S/c1-15-21-23(28-19-9-7-6-8-12-29(19)24(21)31)35-22(15)25(32)34-14-20(30)27-17-13-16(26(2,3)4)10-11-18(17)33-5/h10-11,13H,6-9,12,14H2,1-5H3,(H,27,30). The molecule has 3 aromatic rings. The smallest absolute Gasteiger partial charge is 0.349 e. The van der Waals surface area contributed by atoms with Gasteiger partial charge in [-0.05, 0) is 48.4 Å². The largest absolute Gasteiger partial charge is 0.495 e. The number of esters is 1. The van der Waals surface area contributed by atoms with E-state index in [1.807, 2.05) is 12.1 Å². The van der Waals surface area contributed by atoms with E-state index in [-0.39, 0.29) is 11.0 Å². The number of nitrogens with one attached hydrogen (secondary N) is 1. The van der Waals surface area contributed by atoms with E-state index in [0.29, 0.717) is 38.6 Å². The van der Waals surface area contributed by atoms with E-state index in [2.05, 4.69) is 31.1 Å². The maximum absolute atomic E-state index is 13.1. The molecular weight excluding hydrogens is 466 g/mol. The van der Waals surface area contributed by atoms with Crippen LogP contribution in [0.2, 0.25) is 0 Å². The Bertz CT molecular complexity index is 1350. The van der Waals surface area contributed by atoms with Crippen LogP contribution in [0.5, 0.6) is 5.75 Å². The molecule has 8 nitrogen and oxygen atoms in total. The molecule has 1 amide bonds. The molecule has 0 unspecified atom stereocenters. The first kappa shape index (κ1) is 24.9. The lowest BCUT2D eigenvalue weighted by molar-refractivity contribution is -0.119. The lowest BCUT2D eigenvalue weighted by Crippen LogP contribution is -2.24. The molecule has 0 bridgehead atoms. The number of carbonyl (C=O) groups is 2. The lowest BCUT2D eigenvalue weighted by Gasteiger charge is -2.21. The third-order valence-electron chi connectivity index (χ3n) is 6.27. The van der Waals surface area contributed by atoms with Crippen molar-refractivity contribution in [3.63, 3.8) is 0 Å². The SMILES string of the molecule is COc1ccc(C(C)(C)C)cc1NC(=O)COC(=O)c1sc2nc3n(c(=O)c2c1C)CCCCC3. The second-order valence-electron chi connectivity index (χ2n) is 9.82. The summed E-state index contributed by atoms with van der Waals surface area (Å²) < 4.78 is 12.4. The first-order valence-electron chi connectivity index (χ1n) is 11.8. The Labute approximate surface area is 208 Å². The minimum absolute atomic E-state index is 0.108. The highest BCUT2D eigenvalue weighted by Crippen LogP contribution is 2.32. The van der Waals surface area contributed by atoms with Gasteiger partial charge in [-0.1, -0.05) is 33.3 Å². The number of amides is 1. The Balaban J connectivity index is 1.51. The van der Waals surface area contributed by atoms with Crippen molar-refractivity contribution in [1.29, 1.82) is 0 Å². The van der Waals surface area contributed by atoms with Crippen molar-refractivity contribution in [1.82, 2.24) is 9.55 Å². The zero-order valence-electron chi connectivity index (χ0n) is 20.8. The van der Waals surface area contributed by atoms with Crippen LogP contribution in [0, 0.1) is 6.92 Å². The van der Waals surface area contributed by atoms with Crippen LogP contribution in [0.25, 0.3) is 10.2 Å². The highest BCUT2D eigenvalue weighted by Gasteiger charge is 2.24. The molecular formula is C26H31N3O5S. The second-order valence-corrected chi connectivity index (χ2v) is 10.8. The van der Waals surface area contributed by atoms with Crippen LogP contribution in [-0.4, -0.2) is 35.1 Å². The number of hydrogen-bond acceptors (Lipinski definition) is 7. The lowest BCUT2D eigenvalue weighted by atomic mass is 9.87. The van der Waals surface area contributed by atoms with E-state index in [4.69, 9.17) is 9.47 Å². The van der Waals surface area contributed by atoms with E-state index >= 15 is 0 Å². The molecule has 2 aromatic heterocycles. The number of methoxy groups -OCH3 is 1. The van der Waals surface area contributed by atoms with Gasteiger partial charge in [0.15, 0.2) is 6.61 Å². The number of fused-ring (bicyclic) bond motifs is 2. The zero-order chi connectivity index (χ0) is 25.3. The third-order valence-corrected chi connectivity index (χ3v) is 7.44. The Morgan fingerprint density at radius 1 is 1.20 bits per heavy atom. The van der Waals surface area contributed by atoms with Crippen molar-refractivity contribution < 1.29 is 19.1 Å². The molecule has 9 heteroatoms. The molecule has 1 aromatic carbocycles. The molecule has 186 valence electrons. The van der Waals surface area contributed by atoms with Gasteiger partial charge in [0.1, 0.15) is 21.3 Å². The number of carbonyl (C=O) groups excluding carboxylic acids is 2. The molecule has 0 saturated carbocycles. The highest BCUT2D eigenvalue weighted by molar-refractivity contribution is 7.20. The van der Waals surface area contributed by atoms with E-state index in [9.17, 15) is 14.4 Å². The van der Waals surface area contributed by atoms with Gasteiger partial charge in [0.25, 0.3) is 11.5 Å². The molecule has 1 N–H and O–H groups in total. The average Bonchev–Trinajstić information content (AvgIpc) is 2.97. The molecule has 35 heavy (non-hydrogen) atoms. The summed E-state index contributed by atoms with van der Waals surface area (Å²) in [5.74, 6) is 0.165. The number of nitrogens with zero attached hydrogens (tertiary/aromatic N) is 2. The molecule has 4 rings (SSSR count). The van der Waals surface area contributed by atoms with Crippen LogP contribution in [-0.2, 0) is 27.9 Å². The molecule has 3 heterocycles. The Morgan fingerprint density at radius 2 is 1.97 bits per heavy atom. The van der Waals surface area contributed by atoms with Gasteiger partial charge in [-0.25, -0.2) is 9.78 Å². The van der Waals surface area contributed by atoms with Gasteiger partial charge in [-0.2, -0.15) is 0 Å². The summed E-state index contributed by atoms with van der Waals surface area (Å²) in [4.78, 5) is 44.1. The first-order chi connectivity index (χ1) is 16.6. The number of aryl methyl sites for hydroxylation is 2. The van der Waals surface area contributed by atoms with Crippen LogP contribution in [0.15, 0.2) is 23.0 Å². The predicted octanol–water partition coefficient (Wildman–Crippen LogP) is 4.59. The zero-order valence-corrected chi connectivity index (χ0v) is 21.6. The van der Waals surface area contributed by atoms with Crippen LogP contribution >= 0.6 is 11.3 Å². The average molecular weight is 498 g/mol. The first-order valence-corrected chi connectivity index (χ1v) is 12.6. The van der Waals surface area contributed by atoms with Gasteiger partial charge in [0.05, 0.1) is 18.2 Å². The topological polar surface area (TPSA) is 99.5 Å². The normalized spacial score (nSPS) is 13.7. The van der Waals surface area contributed by atoms with Crippen molar-refractivity contribution >= 4 is 39.1 Å². The van der Waals surface area contributed by atoms with Gasteiger partial charge >= 0.3 is 5.97 Å². The van der Waals surface area contributed by atoms with E-state index in [1.54, 1.807) is 17.6 Å². The summed E-state index contributed by atoms with van der Waals surface area (Å²) in [5, 5.41) is 3.23. The van der Waals surface area contributed by atoms with Gasteiger partial charge in [0, 0.05) is 13.0 Å². The fraction of sp³-hybridized carbons (Fsp3) is 0.462. The number of benzene rings is 1. The Morgan fingerprint density at radius 3 is 2.69 bits per heavy atom. The van der Waals surface area contributed by atoms with Crippen molar-refractivity contribution in [2.45, 2.75) is 65.3 Å². The van der Waals surface area contributed by atoms with Gasteiger partial charge in [-0.15, -0.1) is 11.3 Å². The van der Waals surface area contributed by atoms with Crippen molar-refractivity contribution in [2.24, 2.45) is 0 Å². The maximum Gasteiger partial charge on any atom is 0.349 e. The van der Waals surface area contributed by atoms with Crippen LogP contribution in [0.3, 0.4) is 0 Å². The summed E-state index contributed by atoms with van der Waals surface area (Å²) in [5.41, 5.74) is 1.87. The van der Waals surface area contributed by atoms with Gasteiger partial charge in [0.2, 0.25) is 0 Å². The molecule has 0 saturated heterocycles. The molecule has 0 fully saturated rings. The van der Waals surface area contributed by atoms with E-state index < -0.39 is 18.5 Å². The monoisotopic (exact) mass is 497 g/mol. The number of anilines is 1. The molecule has 0 aliphatic carbocycles. The Kier molecular flexibility index (Phi) is 6.98. The molecule has 0 radical (unpaired) electrons. The maximum atomic E-state index is 13.1. The van der Waals surface area contributed by atoms with Crippen LogP contribution in [0.1, 0.15) is 66.7 Å². The number of hydrogen-bond donors (Lipinski definition) is 1. The summed E-state index contributed by atoms with van der Waals surface area (Å²) in [6.45, 7) is 8.14. The third kappa shape index (κ3) is 5.10. The number of rotatable bonds is 5. The molecule has 1 aliphatic heterocycles. The summed E-state index contributed by atoms with van der Waals surface area (Å²) in [7, 11) is 1.53. The van der Waals surface area contributed by atoms with Crippen molar-refractivity contribution in [2.75, 3.05) is 19.0 Å². The van der Waals surface area contributed by atoms with Gasteiger partial charge in [-0.3, -0.25) is 14.2 Å². The summed E-state index contributed by atoms with van der Waals surface area (Å²) in [6, 6.07) is 5.61. The van der Waals surface area contributed by atoms with E-state index in [0.717, 1.165) is 48.4 Å². The highest BCUT2D eigenvalue weighted by atomic mass is 32.1. The Hall–Kier alpha value is -3.20. The van der Waals surface area contributed by atoms with Crippen molar-refractivity contribution in [3.8, 4) is 5.75 Å². The van der Waals surface area contributed by atoms with Crippen LogP contribution < -0.4 is 15.6 Å². The summed E-state index contributed by atoms with van der Waals surface area (Å²) in [6.07, 6.45) is 3.76. The molecule has 1 aliphatic rings. The quantitative estimate of drug-likeness (QED) is 0.518. The van der Waals surface area contributed by atoms with Crippen LogP contribution in [0.4, 0.5) is 5.69 Å². The number of aromatic nitrogens is 2. The molecule has 0 spiro atoms. The van der Waals surface area contributed by atoms with Gasteiger partial charge < -0.3 is 14.8 Å².